The van der Waals surface area contributed by atoms with Gasteiger partial charge in [0, 0.05) is 67.3 Å². The molecule has 2 aliphatic heterocycles. The quantitative estimate of drug-likeness (QED) is 0.450. The van der Waals surface area contributed by atoms with E-state index in [1.54, 1.807) is 12.4 Å². The molecular weight excluding hydrogens is 444 g/mol. The van der Waals surface area contributed by atoms with Crippen LogP contribution in [0.15, 0.2) is 61.1 Å². The van der Waals surface area contributed by atoms with E-state index in [1.165, 1.54) is 5.56 Å². The summed E-state index contributed by atoms with van der Waals surface area (Å²) < 4.78 is 11.0. The van der Waals surface area contributed by atoms with Gasteiger partial charge in [-0.15, -0.1) is 0 Å². The Bertz CT molecular complexity index is 1320. The molecule has 0 spiro atoms. The third-order valence-electron chi connectivity index (χ3n) is 6.68. The normalized spacial score (nSPS) is 17.1. The summed E-state index contributed by atoms with van der Waals surface area (Å²) in [6.07, 6.45) is 7.21. The van der Waals surface area contributed by atoms with Crippen LogP contribution >= 0.6 is 0 Å². The first-order valence-corrected chi connectivity index (χ1v) is 11.9. The lowest BCUT2D eigenvalue weighted by Gasteiger charge is -2.35. The monoisotopic (exact) mass is 470 g/mol. The topological polar surface area (TPSA) is 96.5 Å². The van der Waals surface area contributed by atoms with Crippen LogP contribution in [-0.2, 0) is 11.3 Å². The van der Waals surface area contributed by atoms with Crippen LogP contribution in [-0.4, -0.2) is 68.3 Å². The van der Waals surface area contributed by atoms with E-state index in [9.17, 15) is 4.79 Å². The van der Waals surface area contributed by atoms with Crippen molar-refractivity contribution in [3.63, 3.8) is 0 Å². The summed E-state index contributed by atoms with van der Waals surface area (Å²) in [7, 11) is 0. The molecule has 2 fully saturated rings. The average molecular weight is 471 g/mol. The number of aromatic amines is 1. The number of nitrogens with one attached hydrogen (secondary N) is 1. The predicted molar refractivity (Wildman–Crippen MR) is 130 cm³/mol. The Hall–Kier alpha value is -3.98. The molecule has 178 valence electrons. The molecule has 0 aliphatic carbocycles. The van der Waals surface area contributed by atoms with E-state index in [0.29, 0.717) is 24.3 Å². The van der Waals surface area contributed by atoms with Gasteiger partial charge in [0.05, 0.1) is 17.8 Å². The maximum atomic E-state index is 11.8. The van der Waals surface area contributed by atoms with Gasteiger partial charge in [0.15, 0.2) is 0 Å². The lowest BCUT2D eigenvalue weighted by Crippen LogP contribution is -2.45. The number of piperidine rings is 1. The number of hydrogen-bond donors (Lipinski definition) is 1. The Labute approximate surface area is 202 Å². The van der Waals surface area contributed by atoms with E-state index in [-0.39, 0.29) is 6.09 Å². The Morgan fingerprint density at radius 1 is 1.03 bits per heavy atom. The van der Waals surface area contributed by atoms with E-state index in [4.69, 9.17) is 9.47 Å². The van der Waals surface area contributed by atoms with Crippen molar-refractivity contribution in [2.45, 2.75) is 25.4 Å². The molecule has 9 nitrogen and oxygen atoms in total. The maximum Gasteiger partial charge on any atom is 0.410 e. The number of nitrogens with zero attached hydrogens (tertiary/aromatic N) is 5. The number of fused-ring (bicyclic) bond motifs is 1. The number of H-pyrrole nitrogens is 1. The fraction of sp³-hybridized carbons (Fsp3) is 0.308. The van der Waals surface area contributed by atoms with Gasteiger partial charge in [-0.1, -0.05) is 0 Å². The third kappa shape index (κ3) is 4.67. The molecule has 0 unspecified atom stereocenters. The number of carbonyl (C=O) groups excluding carboxylic acids is 1. The van der Waals surface area contributed by atoms with Crippen molar-refractivity contribution in [1.82, 2.24) is 30.0 Å². The van der Waals surface area contributed by atoms with Gasteiger partial charge < -0.3 is 14.4 Å². The maximum absolute atomic E-state index is 11.8. The van der Waals surface area contributed by atoms with E-state index < -0.39 is 0 Å². The predicted octanol–water partition coefficient (Wildman–Crippen LogP) is 4.23. The highest BCUT2D eigenvalue weighted by Gasteiger charge is 2.32. The molecule has 2 aliphatic rings. The molecule has 9 heteroatoms. The van der Waals surface area contributed by atoms with Crippen molar-refractivity contribution in [2.75, 3.05) is 26.2 Å². The molecule has 0 atom stereocenters. The molecule has 2 saturated heterocycles. The highest BCUT2D eigenvalue weighted by Crippen LogP contribution is 2.26. The Balaban J connectivity index is 1.08. The number of hydrogen-bond acceptors (Lipinski definition) is 7. The summed E-state index contributed by atoms with van der Waals surface area (Å²) in [5, 5.41) is 7.97. The Morgan fingerprint density at radius 3 is 2.69 bits per heavy atom. The third-order valence-corrected chi connectivity index (χ3v) is 6.68. The molecule has 6 rings (SSSR count). The minimum absolute atomic E-state index is 0.160. The number of rotatable bonds is 6. The van der Waals surface area contributed by atoms with E-state index in [0.717, 1.165) is 61.2 Å². The number of cyclic esters (lactones) is 1. The second kappa shape index (κ2) is 9.34. The van der Waals surface area contributed by atoms with Crippen LogP contribution in [0.2, 0.25) is 0 Å². The molecule has 5 heterocycles. The van der Waals surface area contributed by atoms with Crippen molar-refractivity contribution >= 4 is 17.0 Å². The lowest BCUT2D eigenvalue weighted by molar-refractivity contribution is 0.115. The Kier molecular flexibility index (Phi) is 5.75. The zero-order valence-corrected chi connectivity index (χ0v) is 19.3. The van der Waals surface area contributed by atoms with Gasteiger partial charge in [0.25, 0.3) is 0 Å². The van der Waals surface area contributed by atoms with Crippen molar-refractivity contribution < 1.29 is 14.3 Å². The van der Waals surface area contributed by atoms with Crippen molar-refractivity contribution in [3.05, 3.63) is 66.6 Å². The van der Waals surface area contributed by atoms with Crippen LogP contribution in [0.25, 0.3) is 22.2 Å². The zero-order chi connectivity index (χ0) is 23.6. The molecule has 0 radical (unpaired) electrons. The molecule has 1 N–H and O–H groups in total. The summed E-state index contributed by atoms with van der Waals surface area (Å²) >= 11 is 0. The number of aromatic nitrogens is 4. The number of amides is 1. The number of pyridine rings is 2. The molecular formula is C26H26N6O3. The van der Waals surface area contributed by atoms with Crippen molar-refractivity contribution in [3.8, 4) is 22.9 Å². The van der Waals surface area contributed by atoms with E-state index >= 15 is 0 Å². The number of benzene rings is 1. The summed E-state index contributed by atoms with van der Waals surface area (Å²) in [6.45, 7) is 4.02. The highest BCUT2D eigenvalue weighted by molar-refractivity contribution is 5.80. The van der Waals surface area contributed by atoms with Gasteiger partial charge in [-0.05, 0) is 48.7 Å². The van der Waals surface area contributed by atoms with Gasteiger partial charge in [-0.3, -0.25) is 15.0 Å². The first kappa shape index (κ1) is 21.5. The smallest absolute Gasteiger partial charge is 0.410 e. The summed E-state index contributed by atoms with van der Waals surface area (Å²) in [5.41, 5.74) is 3.92. The first-order valence-electron chi connectivity index (χ1n) is 11.9. The van der Waals surface area contributed by atoms with Crippen molar-refractivity contribution in [1.29, 1.82) is 0 Å². The minimum Gasteiger partial charge on any atom is -0.448 e. The molecule has 4 aromatic rings. The molecule has 1 amide bonds. The standard InChI is InChI=1S/C26H26N6O3/c33-26-32(11-12-34-26)21-6-9-31(10-7-21)17-18-13-19-1-3-22(14-24(19)27-15-18)35-25-4-2-20(16-28-25)23-5-8-29-30-23/h1-5,8,13-16,21H,6-7,9-12,17H2,(H,29,30). The second-order valence-corrected chi connectivity index (χ2v) is 8.97. The van der Waals surface area contributed by atoms with Crippen LogP contribution in [0, 0.1) is 0 Å². The molecule has 0 saturated carbocycles. The molecule has 3 aromatic heterocycles. The fourth-order valence-electron chi connectivity index (χ4n) is 4.82. The minimum atomic E-state index is -0.160. The summed E-state index contributed by atoms with van der Waals surface area (Å²) in [6, 6.07) is 14.1. The van der Waals surface area contributed by atoms with Crippen LogP contribution in [0.5, 0.6) is 11.6 Å². The van der Waals surface area contributed by atoms with Gasteiger partial charge in [-0.2, -0.15) is 5.10 Å². The van der Waals surface area contributed by atoms with Gasteiger partial charge in [0.1, 0.15) is 12.4 Å². The lowest BCUT2D eigenvalue weighted by atomic mass is 10.0. The van der Waals surface area contributed by atoms with Gasteiger partial charge >= 0.3 is 6.09 Å². The zero-order valence-electron chi connectivity index (χ0n) is 19.3. The molecule has 0 bridgehead atoms. The average Bonchev–Trinajstić information content (AvgIpc) is 3.57. The number of ether oxygens (including phenoxy) is 2. The van der Waals surface area contributed by atoms with Crippen LogP contribution in [0.4, 0.5) is 4.79 Å². The van der Waals surface area contributed by atoms with E-state index in [2.05, 4.69) is 31.1 Å². The fourth-order valence-corrected chi connectivity index (χ4v) is 4.82. The van der Waals surface area contributed by atoms with Gasteiger partial charge in [-0.25, -0.2) is 9.78 Å². The van der Waals surface area contributed by atoms with Crippen LogP contribution in [0.1, 0.15) is 18.4 Å². The second-order valence-electron chi connectivity index (χ2n) is 8.97. The van der Waals surface area contributed by atoms with Crippen LogP contribution in [0.3, 0.4) is 0 Å². The van der Waals surface area contributed by atoms with Gasteiger partial charge in [0.2, 0.25) is 5.88 Å². The largest absolute Gasteiger partial charge is 0.448 e. The highest BCUT2D eigenvalue weighted by atomic mass is 16.6. The first-order chi connectivity index (χ1) is 17.2. The Morgan fingerprint density at radius 2 is 1.94 bits per heavy atom. The summed E-state index contributed by atoms with van der Waals surface area (Å²) in [5.74, 6) is 1.22. The SMILES string of the molecule is O=C1OCCN1C1CCN(Cc2cnc3cc(Oc4ccc(-c5ccn[nH]5)cn4)ccc3c2)CC1. The summed E-state index contributed by atoms with van der Waals surface area (Å²) in [4.78, 5) is 25.2. The van der Waals surface area contributed by atoms with Crippen molar-refractivity contribution in [2.24, 2.45) is 0 Å². The van der Waals surface area contributed by atoms with E-state index in [1.807, 2.05) is 47.5 Å². The molecule has 35 heavy (non-hydrogen) atoms. The number of carbonyl (C=O) groups is 1. The number of likely N-dealkylation sites (tertiary alicyclic amines) is 1. The van der Waals surface area contributed by atoms with Crippen LogP contribution < -0.4 is 4.74 Å². The molecule has 1 aromatic carbocycles.